The van der Waals surface area contributed by atoms with Crippen LogP contribution in [0, 0.1) is 0 Å². The maximum Gasteiger partial charge on any atom is 0.323 e. The number of pyridine rings is 1. The highest BCUT2D eigenvalue weighted by Gasteiger charge is 2.31. The molecule has 1 aliphatic carbocycles. The van der Waals surface area contributed by atoms with Crippen LogP contribution in [0.4, 0.5) is 5.69 Å². The molecule has 152 valence electrons. The number of anilines is 1. The summed E-state index contributed by atoms with van der Waals surface area (Å²) in [5.41, 5.74) is 2.65. The number of fused-ring (bicyclic) bond motifs is 1. The van der Waals surface area contributed by atoms with Gasteiger partial charge in [0.15, 0.2) is 11.0 Å². The van der Waals surface area contributed by atoms with Gasteiger partial charge < -0.3 is 15.3 Å². The topological polar surface area (TPSA) is 121 Å². The SMILES string of the molecule is CC(Sc1nnc(-c2ccncc2)n1C1CC1)C(=O)Nc1ccc2[nH]c(=O)[nH]c2c1. The number of hydrogen-bond acceptors (Lipinski definition) is 6. The molecule has 1 saturated carbocycles. The summed E-state index contributed by atoms with van der Waals surface area (Å²) in [6.07, 6.45) is 5.63. The first-order chi connectivity index (χ1) is 14.6. The van der Waals surface area contributed by atoms with E-state index in [4.69, 9.17) is 0 Å². The lowest BCUT2D eigenvalue weighted by Gasteiger charge is -2.13. The van der Waals surface area contributed by atoms with Crippen LogP contribution in [-0.4, -0.2) is 40.9 Å². The molecule has 1 amide bonds. The Hall–Kier alpha value is -3.40. The van der Waals surface area contributed by atoms with Crippen LogP contribution in [0.25, 0.3) is 22.4 Å². The van der Waals surface area contributed by atoms with Crippen LogP contribution in [0.5, 0.6) is 0 Å². The van der Waals surface area contributed by atoms with E-state index < -0.39 is 0 Å². The smallest absolute Gasteiger partial charge is 0.323 e. The number of nitrogens with zero attached hydrogens (tertiary/aromatic N) is 4. The minimum atomic E-state index is -0.377. The first-order valence-electron chi connectivity index (χ1n) is 9.63. The molecule has 30 heavy (non-hydrogen) atoms. The average molecular weight is 421 g/mol. The van der Waals surface area contributed by atoms with Crippen molar-refractivity contribution in [1.82, 2.24) is 29.7 Å². The quantitative estimate of drug-likeness (QED) is 0.412. The van der Waals surface area contributed by atoms with Gasteiger partial charge in [0.25, 0.3) is 0 Å². The number of amides is 1. The number of carbonyl (C=O) groups excluding carboxylic acids is 1. The summed E-state index contributed by atoms with van der Waals surface area (Å²) in [4.78, 5) is 33.6. The Morgan fingerprint density at radius 1 is 1.17 bits per heavy atom. The summed E-state index contributed by atoms with van der Waals surface area (Å²) in [6.45, 7) is 1.84. The standard InChI is InChI=1S/C20H19N7O2S/c1-11(18(28)22-13-2-5-15-16(10-13)24-19(29)23-15)30-20-26-25-17(27(20)14-3-4-14)12-6-8-21-9-7-12/h2,5-11,14H,3-4H2,1H3,(H,22,28)(H2,23,24,29). The lowest BCUT2D eigenvalue weighted by Crippen LogP contribution is -2.23. The first kappa shape index (κ1) is 18.6. The van der Waals surface area contributed by atoms with Gasteiger partial charge in [-0.25, -0.2) is 4.79 Å². The van der Waals surface area contributed by atoms with Gasteiger partial charge in [-0.05, 0) is 50.1 Å². The third-order valence-electron chi connectivity index (χ3n) is 4.95. The summed E-state index contributed by atoms with van der Waals surface area (Å²) in [7, 11) is 0. The molecular weight excluding hydrogens is 402 g/mol. The maximum atomic E-state index is 12.8. The van der Waals surface area contributed by atoms with Gasteiger partial charge in [-0.2, -0.15) is 0 Å². The van der Waals surface area contributed by atoms with Crippen molar-refractivity contribution in [3.8, 4) is 11.4 Å². The second-order valence-electron chi connectivity index (χ2n) is 7.23. The Balaban J connectivity index is 1.34. The molecule has 4 aromatic rings. The molecule has 1 aromatic carbocycles. The highest BCUT2D eigenvalue weighted by molar-refractivity contribution is 8.00. The Morgan fingerprint density at radius 3 is 2.70 bits per heavy atom. The third-order valence-corrected chi connectivity index (χ3v) is 6.01. The molecule has 1 atom stereocenters. The second-order valence-corrected chi connectivity index (χ2v) is 8.54. The van der Waals surface area contributed by atoms with Crippen LogP contribution in [0.1, 0.15) is 25.8 Å². The van der Waals surface area contributed by atoms with Crippen molar-refractivity contribution in [3.63, 3.8) is 0 Å². The van der Waals surface area contributed by atoms with Crippen LogP contribution in [-0.2, 0) is 4.79 Å². The molecule has 3 N–H and O–H groups in total. The van der Waals surface area contributed by atoms with Gasteiger partial charge in [0.05, 0.1) is 16.3 Å². The van der Waals surface area contributed by atoms with Gasteiger partial charge in [0, 0.05) is 29.7 Å². The minimum absolute atomic E-state index is 0.145. The van der Waals surface area contributed by atoms with Crippen molar-refractivity contribution in [1.29, 1.82) is 0 Å². The predicted octanol–water partition coefficient (Wildman–Crippen LogP) is 2.96. The van der Waals surface area contributed by atoms with E-state index in [2.05, 4.69) is 35.0 Å². The molecule has 9 nitrogen and oxygen atoms in total. The summed E-state index contributed by atoms with van der Waals surface area (Å²) >= 11 is 1.39. The van der Waals surface area contributed by atoms with Gasteiger partial charge in [-0.15, -0.1) is 10.2 Å². The molecule has 3 heterocycles. The lowest BCUT2D eigenvalue weighted by atomic mass is 10.2. The largest absolute Gasteiger partial charge is 0.325 e. The van der Waals surface area contributed by atoms with E-state index in [-0.39, 0.29) is 16.8 Å². The van der Waals surface area contributed by atoms with E-state index in [1.54, 1.807) is 30.6 Å². The molecule has 0 saturated heterocycles. The number of imidazole rings is 1. The second kappa shape index (κ2) is 7.45. The molecule has 10 heteroatoms. The van der Waals surface area contributed by atoms with Gasteiger partial charge in [0.1, 0.15) is 0 Å². The number of benzene rings is 1. The Bertz CT molecular complexity index is 1270. The molecule has 0 bridgehead atoms. The molecule has 0 radical (unpaired) electrons. The van der Waals surface area contributed by atoms with Crippen molar-refractivity contribution in [2.75, 3.05) is 5.32 Å². The first-order valence-corrected chi connectivity index (χ1v) is 10.5. The van der Waals surface area contributed by atoms with Gasteiger partial charge in [-0.1, -0.05) is 11.8 Å². The van der Waals surface area contributed by atoms with Gasteiger partial charge in [-0.3, -0.25) is 14.3 Å². The molecule has 3 aromatic heterocycles. The molecule has 1 fully saturated rings. The zero-order valence-corrected chi connectivity index (χ0v) is 16.9. The molecule has 0 aliphatic heterocycles. The van der Waals surface area contributed by atoms with Crippen molar-refractivity contribution < 1.29 is 4.79 Å². The fraction of sp³-hybridized carbons (Fsp3) is 0.250. The van der Waals surface area contributed by atoms with Crippen molar-refractivity contribution in [3.05, 3.63) is 53.2 Å². The van der Waals surface area contributed by atoms with Crippen LogP contribution in [0.3, 0.4) is 0 Å². The molecule has 0 spiro atoms. The van der Waals surface area contributed by atoms with Crippen LogP contribution in [0.15, 0.2) is 52.7 Å². The number of carbonyl (C=O) groups is 1. The van der Waals surface area contributed by atoms with E-state index in [9.17, 15) is 9.59 Å². The van der Waals surface area contributed by atoms with Crippen molar-refractivity contribution >= 4 is 34.4 Å². The van der Waals surface area contributed by atoms with Crippen LogP contribution >= 0.6 is 11.8 Å². The monoisotopic (exact) mass is 421 g/mol. The number of nitrogens with one attached hydrogen (secondary N) is 3. The number of H-pyrrole nitrogens is 2. The van der Waals surface area contributed by atoms with Crippen molar-refractivity contribution in [2.45, 2.75) is 36.2 Å². The summed E-state index contributed by atoms with van der Waals surface area (Å²) < 4.78 is 2.13. The summed E-state index contributed by atoms with van der Waals surface area (Å²) in [5.74, 6) is 0.657. The molecule has 1 unspecified atom stereocenters. The van der Waals surface area contributed by atoms with Gasteiger partial charge >= 0.3 is 5.69 Å². The molecule has 1 aliphatic rings. The van der Waals surface area contributed by atoms with Gasteiger partial charge in [0.2, 0.25) is 5.91 Å². The zero-order valence-electron chi connectivity index (χ0n) is 16.1. The fourth-order valence-electron chi connectivity index (χ4n) is 3.28. The lowest BCUT2D eigenvalue weighted by molar-refractivity contribution is -0.115. The molecule has 5 rings (SSSR count). The Labute approximate surface area is 175 Å². The number of rotatable bonds is 6. The highest BCUT2D eigenvalue weighted by atomic mass is 32.2. The fourth-order valence-corrected chi connectivity index (χ4v) is 4.20. The summed E-state index contributed by atoms with van der Waals surface area (Å²) in [5, 5.41) is 12.0. The Morgan fingerprint density at radius 2 is 1.93 bits per heavy atom. The predicted molar refractivity (Wildman–Crippen MR) is 114 cm³/mol. The highest BCUT2D eigenvalue weighted by Crippen LogP contribution is 2.41. The van der Waals surface area contributed by atoms with Crippen LogP contribution in [0.2, 0.25) is 0 Å². The van der Waals surface area contributed by atoms with E-state index in [1.807, 2.05) is 19.1 Å². The maximum absolute atomic E-state index is 12.8. The zero-order chi connectivity index (χ0) is 20.7. The number of aromatic nitrogens is 6. The third kappa shape index (κ3) is 3.61. The normalized spacial score (nSPS) is 14.7. The number of hydrogen-bond donors (Lipinski definition) is 3. The minimum Gasteiger partial charge on any atom is -0.325 e. The van der Waals surface area contributed by atoms with E-state index in [0.717, 1.165) is 29.4 Å². The van der Waals surface area contributed by atoms with E-state index in [1.165, 1.54) is 11.8 Å². The number of aromatic amines is 2. The number of thioether (sulfide) groups is 1. The van der Waals surface area contributed by atoms with E-state index >= 15 is 0 Å². The summed E-state index contributed by atoms with van der Waals surface area (Å²) in [6, 6.07) is 9.44. The van der Waals surface area contributed by atoms with E-state index in [0.29, 0.717) is 22.8 Å². The molecular formula is C20H19N7O2S. The Kier molecular flexibility index (Phi) is 4.62. The van der Waals surface area contributed by atoms with Crippen LogP contribution < -0.4 is 11.0 Å². The van der Waals surface area contributed by atoms with Crippen molar-refractivity contribution in [2.24, 2.45) is 0 Å². The average Bonchev–Trinajstić information content (AvgIpc) is 3.39.